The highest BCUT2D eigenvalue weighted by molar-refractivity contribution is 5.71. The summed E-state index contributed by atoms with van der Waals surface area (Å²) in [7, 11) is 0. The molecule has 1 aliphatic heterocycles. The monoisotopic (exact) mass is 432 g/mol. The topological polar surface area (TPSA) is 94.0 Å². The van der Waals surface area contributed by atoms with Gasteiger partial charge in [0.1, 0.15) is 11.8 Å². The van der Waals surface area contributed by atoms with Gasteiger partial charge in [0.05, 0.1) is 18.8 Å². The molecule has 31 heavy (non-hydrogen) atoms. The number of alkyl carbamates (subject to hydrolysis) is 1. The number of nitrogens with one attached hydrogen (secondary N) is 2. The van der Waals surface area contributed by atoms with Gasteiger partial charge in [-0.1, -0.05) is 6.07 Å². The van der Waals surface area contributed by atoms with Gasteiger partial charge >= 0.3 is 12.3 Å². The molecular formula is C20H19F3N6O2. The van der Waals surface area contributed by atoms with Crippen LogP contribution in [0.1, 0.15) is 18.2 Å². The molecule has 1 aromatic carbocycles. The van der Waals surface area contributed by atoms with Crippen LogP contribution in [0.3, 0.4) is 0 Å². The second-order valence-corrected chi connectivity index (χ2v) is 7.30. The van der Waals surface area contributed by atoms with Crippen molar-refractivity contribution in [2.45, 2.75) is 38.7 Å². The lowest BCUT2D eigenvalue weighted by atomic mass is 10.1. The third kappa shape index (κ3) is 4.76. The van der Waals surface area contributed by atoms with Crippen LogP contribution in [0.5, 0.6) is 0 Å². The van der Waals surface area contributed by atoms with Gasteiger partial charge < -0.3 is 15.4 Å². The summed E-state index contributed by atoms with van der Waals surface area (Å²) in [6.07, 6.45) is -0.771. The van der Waals surface area contributed by atoms with Crippen molar-refractivity contribution in [3.63, 3.8) is 0 Å². The molecule has 0 unspecified atom stereocenters. The number of hydrogen-bond acceptors (Lipinski definition) is 6. The first kappa shape index (κ1) is 20.6. The van der Waals surface area contributed by atoms with Crippen molar-refractivity contribution in [1.29, 1.82) is 0 Å². The predicted octanol–water partition coefficient (Wildman–Crippen LogP) is 3.91. The van der Waals surface area contributed by atoms with E-state index in [4.69, 9.17) is 4.74 Å². The van der Waals surface area contributed by atoms with Gasteiger partial charge in [0.25, 0.3) is 0 Å². The van der Waals surface area contributed by atoms with E-state index in [-0.39, 0.29) is 18.1 Å². The quantitative estimate of drug-likeness (QED) is 0.635. The molecule has 1 amide bonds. The second kappa shape index (κ2) is 7.89. The van der Waals surface area contributed by atoms with Crippen LogP contribution >= 0.6 is 0 Å². The summed E-state index contributed by atoms with van der Waals surface area (Å²) in [5.74, 6) is -0.147. The normalized spacial score (nSPS) is 18.5. The number of halogens is 3. The lowest BCUT2D eigenvalue weighted by Crippen LogP contribution is -2.31. The van der Waals surface area contributed by atoms with Gasteiger partial charge in [0.15, 0.2) is 0 Å². The molecule has 2 atom stereocenters. The van der Waals surface area contributed by atoms with E-state index >= 15 is 0 Å². The maximum atomic E-state index is 12.9. The van der Waals surface area contributed by atoms with Crippen LogP contribution in [0.2, 0.25) is 0 Å². The molecule has 0 saturated carbocycles. The number of anilines is 2. The lowest BCUT2D eigenvalue weighted by Gasteiger charge is -2.12. The Kier molecular flexibility index (Phi) is 5.25. The standard InChI is InChI=1S/C20H19F3N6O2/c1-11-5-13(14-8-25-29(9-14)10-16-12(2)26-19(30)31-16)7-15(6-11)27-18-24-4-3-17(28-18)20(21,22)23/h3-9,12,16H,10H2,1-2H3,(H,26,30)(H,24,27,28)/t12-,16-/m0/s1. The molecule has 0 radical (unpaired) electrons. The molecule has 1 saturated heterocycles. The van der Waals surface area contributed by atoms with E-state index in [1.165, 1.54) is 0 Å². The van der Waals surface area contributed by atoms with Crippen LogP contribution in [-0.4, -0.2) is 38.0 Å². The van der Waals surface area contributed by atoms with Gasteiger partial charge in [0.2, 0.25) is 5.95 Å². The Balaban J connectivity index is 1.54. The van der Waals surface area contributed by atoms with E-state index < -0.39 is 18.0 Å². The third-order valence-corrected chi connectivity index (χ3v) is 4.77. The van der Waals surface area contributed by atoms with Gasteiger partial charge in [-0.05, 0) is 43.2 Å². The molecule has 0 spiro atoms. The molecule has 0 aliphatic carbocycles. The van der Waals surface area contributed by atoms with Crippen LogP contribution in [0.4, 0.5) is 29.6 Å². The van der Waals surface area contributed by atoms with Gasteiger partial charge in [-0.2, -0.15) is 18.3 Å². The fourth-order valence-electron chi connectivity index (χ4n) is 3.27. The Morgan fingerprint density at radius 1 is 1.26 bits per heavy atom. The summed E-state index contributed by atoms with van der Waals surface area (Å²) in [5.41, 5.74) is 2.04. The Bertz CT molecular complexity index is 1110. The molecule has 162 valence electrons. The molecule has 11 heteroatoms. The van der Waals surface area contributed by atoms with Gasteiger partial charge in [-0.15, -0.1) is 0 Å². The number of hydrogen-bond donors (Lipinski definition) is 2. The van der Waals surface area contributed by atoms with Crippen molar-refractivity contribution >= 4 is 17.7 Å². The van der Waals surface area contributed by atoms with Gasteiger partial charge in [-0.25, -0.2) is 14.8 Å². The van der Waals surface area contributed by atoms with E-state index in [0.717, 1.165) is 29.0 Å². The number of carbonyl (C=O) groups is 1. The summed E-state index contributed by atoms with van der Waals surface area (Å²) in [5, 5.41) is 9.84. The van der Waals surface area contributed by atoms with E-state index in [9.17, 15) is 18.0 Å². The number of ether oxygens (including phenoxy) is 1. The van der Waals surface area contributed by atoms with Crippen LogP contribution in [0.15, 0.2) is 42.9 Å². The lowest BCUT2D eigenvalue weighted by molar-refractivity contribution is -0.141. The average Bonchev–Trinajstić information content (AvgIpc) is 3.27. The van der Waals surface area contributed by atoms with Gasteiger partial charge in [0, 0.05) is 23.6 Å². The zero-order chi connectivity index (χ0) is 22.2. The van der Waals surface area contributed by atoms with E-state index in [1.54, 1.807) is 23.0 Å². The number of aryl methyl sites for hydroxylation is 1. The Labute approximate surface area is 175 Å². The molecule has 8 nitrogen and oxygen atoms in total. The van der Waals surface area contributed by atoms with Crippen molar-refractivity contribution < 1.29 is 22.7 Å². The summed E-state index contributed by atoms with van der Waals surface area (Å²) in [4.78, 5) is 18.7. The van der Waals surface area contributed by atoms with Gasteiger partial charge in [-0.3, -0.25) is 4.68 Å². The third-order valence-electron chi connectivity index (χ3n) is 4.77. The van der Waals surface area contributed by atoms with Crippen LogP contribution in [0.25, 0.3) is 11.1 Å². The first-order valence-corrected chi connectivity index (χ1v) is 9.46. The largest absolute Gasteiger partial charge is 0.442 e. The maximum Gasteiger partial charge on any atom is 0.433 e. The molecular weight excluding hydrogens is 413 g/mol. The number of rotatable bonds is 5. The van der Waals surface area contributed by atoms with Crippen LogP contribution < -0.4 is 10.6 Å². The average molecular weight is 432 g/mol. The van der Waals surface area contributed by atoms with Crippen molar-refractivity contribution in [2.75, 3.05) is 5.32 Å². The SMILES string of the molecule is Cc1cc(Nc2nccc(C(F)(F)F)n2)cc(-c2cnn(C[C@@H]3OC(=O)N[C@H]3C)c2)c1. The number of carbonyl (C=O) groups excluding carboxylic acids is 1. The first-order chi connectivity index (χ1) is 14.7. The number of benzene rings is 1. The number of alkyl halides is 3. The molecule has 1 fully saturated rings. The number of cyclic esters (lactones) is 1. The summed E-state index contributed by atoms with van der Waals surface area (Å²) >= 11 is 0. The highest BCUT2D eigenvalue weighted by Crippen LogP contribution is 2.29. The second-order valence-electron chi connectivity index (χ2n) is 7.30. The zero-order valence-electron chi connectivity index (χ0n) is 16.6. The first-order valence-electron chi connectivity index (χ1n) is 9.46. The van der Waals surface area contributed by atoms with Crippen LogP contribution in [-0.2, 0) is 17.5 Å². The zero-order valence-corrected chi connectivity index (χ0v) is 16.6. The van der Waals surface area contributed by atoms with Crippen LogP contribution in [0, 0.1) is 6.92 Å². The predicted molar refractivity (Wildman–Crippen MR) is 106 cm³/mol. The fourth-order valence-corrected chi connectivity index (χ4v) is 3.27. The summed E-state index contributed by atoms with van der Waals surface area (Å²) in [6.45, 7) is 4.13. The molecule has 2 aromatic heterocycles. The van der Waals surface area contributed by atoms with E-state index in [2.05, 4.69) is 25.7 Å². The number of aromatic nitrogens is 4. The molecule has 2 N–H and O–H groups in total. The Morgan fingerprint density at radius 2 is 2.06 bits per heavy atom. The molecule has 4 rings (SSSR count). The van der Waals surface area contributed by atoms with E-state index in [1.807, 2.05) is 26.1 Å². The summed E-state index contributed by atoms with van der Waals surface area (Å²) < 4.78 is 45.6. The smallest absolute Gasteiger partial charge is 0.433 e. The number of nitrogens with zero attached hydrogens (tertiary/aromatic N) is 4. The molecule has 0 bridgehead atoms. The molecule has 3 heterocycles. The maximum absolute atomic E-state index is 12.9. The van der Waals surface area contributed by atoms with Crippen molar-refractivity contribution in [2.24, 2.45) is 0 Å². The minimum atomic E-state index is -4.55. The van der Waals surface area contributed by atoms with Crippen molar-refractivity contribution in [1.82, 2.24) is 25.1 Å². The highest BCUT2D eigenvalue weighted by atomic mass is 19.4. The van der Waals surface area contributed by atoms with E-state index in [0.29, 0.717) is 12.2 Å². The Morgan fingerprint density at radius 3 is 2.77 bits per heavy atom. The minimum absolute atomic E-state index is 0.123. The van der Waals surface area contributed by atoms with Crippen molar-refractivity contribution in [3.05, 3.63) is 54.1 Å². The van der Waals surface area contributed by atoms with Crippen molar-refractivity contribution in [3.8, 4) is 11.1 Å². The highest BCUT2D eigenvalue weighted by Gasteiger charge is 2.33. The number of amides is 1. The molecule has 1 aliphatic rings. The summed E-state index contributed by atoms with van der Waals surface area (Å²) in [6, 6.07) is 6.18. The fraction of sp³-hybridized carbons (Fsp3) is 0.300. The minimum Gasteiger partial charge on any atom is -0.442 e. The Hall–Kier alpha value is -3.63. The molecule has 3 aromatic rings.